The minimum atomic E-state index is 0.140. The predicted molar refractivity (Wildman–Crippen MR) is 79.1 cm³/mol. The maximum Gasteiger partial charge on any atom is 0.0439 e. The molecule has 1 N–H and O–H groups in total. The highest BCUT2D eigenvalue weighted by Gasteiger charge is 2.36. The van der Waals surface area contributed by atoms with Crippen LogP contribution in [0, 0.1) is 5.41 Å². The molecule has 0 spiro atoms. The Morgan fingerprint density at radius 3 is 2.33 bits per heavy atom. The van der Waals surface area contributed by atoms with Gasteiger partial charge in [-0.2, -0.15) is 0 Å². The Morgan fingerprint density at radius 1 is 1.17 bits per heavy atom. The zero-order valence-electron chi connectivity index (χ0n) is 11.7. The summed E-state index contributed by atoms with van der Waals surface area (Å²) in [5, 5.41) is 4.60. The van der Waals surface area contributed by atoms with Crippen LogP contribution in [0.4, 0.5) is 0 Å². The fraction of sp³-hybridized carbons (Fsp3) is 0.625. The van der Waals surface area contributed by atoms with Gasteiger partial charge in [0, 0.05) is 10.6 Å². The van der Waals surface area contributed by atoms with Gasteiger partial charge in [0.2, 0.25) is 0 Å². The number of hydrogen-bond donors (Lipinski definition) is 1. The van der Waals surface area contributed by atoms with E-state index in [9.17, 15) is 0 Å². The molecule has 1 aromatic rings. The van der Waals surface area contributed by atoms with Gasteiger partial charge >= 0.3 is 0 Å². The second-order valence-electron chi connectivity index (χ2n) is 6.71. The molecular weight excluding hydrogens is 242 g/mol. The van der Waals surface area contributed by atoms with Gasteiger partial charge < -0.3 is 5.32 Å². The van der Waals surface area contributed by atoms with E-state index in [2.05, 4.69) is 38.2 Å². The lowest BCUT2D eigenvalue weighted by molar-refractivity contribution is 0.169. The van der Waals surface area contributed by atoms with Crippen molar-refractivity contribution in [3.63, 3.8) is 0 Å². The third-order valence-corrected chi connectivity index (χ3v) is 3.97. The Morgan fingerprint density at radius 2 is 1.83 bits per heavy atom. The first-order chi connectivity index (χ1) is 8.41. The van der Waals surface area contributed by atoms with Gasteiger partial charge in [0.25, 0.3) is 0 Å². The van der Waals surface area contributed by atoms with Gasteiger partial charge in [0.05, 0.1) is 0 Å². The topological polar surface area (TPSA) is 12.0 Å². The summed E-state index contributed by atoms with van der Waals surface area (Å²) in [4.78, 5) is 0. The molecule has 0 radical (unpaired) electrons. The molecule has 0 amide bonds. The van der Waals surface area contributed by atoms with Crippen LogP contribution in [0.3, 0.4) is 0 Å². The second kappa shape index (κ2) is 5.22. The van der Waals surface area contributed by atoms with Crippen LogP contribution in [0.25, 0.3) is 0 Å². The molecule has 0 saturated carbocycles. The highest BCUT2D eigenvalue weighted by Crippen LogP contribution is 2.40. The molecule has 1 atom stereocenters. The van der Waals surface area contributed by atoms with Crippen molar-refractivity contribution in [2.24, 2.45) is 5.41 Å². The van der Waals surface area contributed by atoms with Crippen molar-refractivity contribution in [1.29, 1.82) is 0 Å². The molecule has 1 saturated heterocycles. The predicted octanol–water partition coefficient (Wildman–Crippen LogP) is 4.75. The van der Waals surface area contributed by atoms with Crippen molar-refractivity contribution in [1.82, 2.24) is 5.32 Å². The third kappa shape index (κ3) is 3.27. The van der Waals surface area contributed by atoms with Crippen LogP contribution in [-0.2, 0) is 5.54 Å². The summed E-state index contributed by atoms with van der Waals surface area (Å²) in [5.74, 6) is 0. The number of rotatable bonds is 2. The first-order valence-electron chi connectivity index (χ1n) is 6.92. The summed E-state index contributed by atoms with van der Waals surface area (Å²) in [6.45, 7) is 8.08. The largest absolute Gasteiger partial charge is 0.307 e. The van der Waals surface area contributed by atoms with Crippen molar-refractivity contribution < 1.29 is 0 Å². The molecule has 2 rings (SSSR count). The number of piperidine rings is 1. The molecule has 0 bridgehead atoms. The van der Waals surface area contributed by atoms with Crippen LogP contribution in [0.15, 0.2) is 24.3 Å². The molecule has 100 valence electrons. The van der Waals surface area contributed by atoms with Gasteiger partial charge in [-0.1, -0.05) is 50.9 Å². The Labute approximate surface area is 116 Å². The molecule has 1 unspecified atom stereocenters. The Bertz CT molecular complexity index is 383. The van der Waals surface area contributed by atoms with E-state index in [0.717, 1.165) is 11.6 Å². The van der Waals surface area contributed by atoms with Gasteiger partial charge in [-0.05, 0) is 48.9 Å². The Kier molecular flexibility index (Phi) is 4.03. The Balaban J connectivity index is 2.32. The van der Waals surface area contributed by atoms with Crippen LogP contribution in [0.1, 0.15) is 52.0 Å². The number of halogens is 1. The lowest BCUT2D eigenvalue weighted by atomic mass is 9.72. The van der Waals surface area contributed by atoms with Crippen molar-refractivity contribution >= 4 is 11.6 Å². The van der Waals surface area contributed by atoms with Gasteiger partial charge in [0.1, 0.15) is 0 Å². The number of benzene rings is 1. The molecule has 1 aliphatic heterocycles. The van der Waals surface area contributed by atoms with Crippen molar-refractivity contribution in [3.8, 4) is 0 Å². The molecule has 1 aliphatic rings. The van der Waals surface area contributed by atoms with Crippen molar-refractivity contribution in [2.75, 3.05) is 6.54 Å². The quantitative estimate of drug-likeness (QED) is 0.814. The fourth-order valence-corrected chi connectivity index (χ4v) is 3.27. The van der Waals surface area contributed by atoms with Gasteiger partial charge in [-0.25, -0.2) is 0 Å². The average molecular weight is 266 g/mol. The second-order valence-corrected chi connectivity index (χ2v) is 7.15. The highest BCUT2D eigenvalue weighted by molar-refractivity contribution is 6.30. The summed E-state index contributed by atoms with van der Waals surface area (Å²) >= 11 is 6.01. The zero-order valence-corrected chi connectivity index (χ0v) is 12.5. The monoisotopic (exact) mass is 265 g/mol. The van der Waals surface area contributed by atoms with E-state index in [0.29, 0.717) is 5.41 Å². The van der Waals surface area contributed by atoms with Crippen molar-refractivity contribution in [2.45, 2.75) is 52.0 Å². The molecule has 1 heterocycles. The summed E-state index contributed by atoms with van der Waals surface area (Å²) in [6, 6.07) is 8.40. The standard InChI is InChI=1S/C16H24ClN/c1-15(2,3)12-16(10-4-5-11-18-16)13-6-8-14(17)9-7-13/h6-9,18H,4-5,10-12H2,1-3H3. The first-order valence-corrected chi connectivity index (χ1v) is 7.30. The van der Waals surface area contributed by atoms with E-state index in [-0.39, 0.29) is 5.54 Å². The van der Waals surface area contributed by atoms with Crippen LogP contribution in [-0.4, -0.2) is 6.54 Å². The van der Waals surface area contributed by atoms with Crippen LogP contribution in [0.5, 0.6) is 0 Å². The van der Waals surface area contributed by atoms with Gasteiger partial charge in [0.15, 0.2) is 0 Å². The molecule has 2 heteroatoms. The molecule has 18 heavy (non-hydrogen) atoms. The van der Waals surface area contributed by atoms with Crippen LogP contribution < -0.4 is 5.32 Å². The van der Waals surface area contributed by atoms with E-state index in [1.165, 1.54) is 31.2 Å². The number of hydrogen-bond acceptors (Lipinski definition) is 1. The SMILES string of the molecule is CC(C)(C)CC1(c2ccc(Cl)cc2)CCCCN1. The van der Waals surface area contributed by atoms with E-state index < -0.39 is 0 Å². The maximum absolute atomic E-state index is 6.01. The summed E-state index contributed by atoms with van der Waals surface area (Å²) < 4.78 is 0. The molecule has 1 aromatic carbocycles. The molecule has 0 aliphatic carbocycles. The van der Waals surface area contributed by atoms with Gasteiger partial charge in [-0.15, -0.1) is 0 Å². The third-order valence-electron chi connectivity index (χ3n) is 3.72. The smallest absolute Gasteiger partial charge is 0.0439 e. The zero-order chi connectivity index (χ0) is 13.2. The lowest BCUT2D eigenvalue weighted by Gasteiger charge is -2.43. The Hall–Kier alpha value is -0.530. The van der Waals surface area contributed by atoms with E-state index in [1.807, 2.05) is 12.1 Å². The molecule has 1 nitrogen and oxygen atoms in total. The summed E-state index contributed by atoms with van der Waals surface area (Å²) in [5.41, 5.74) is 1.85. The van der Waals surface area contributed by atoms with Crippen LogP contribution in [0.2, 0.25) is 5.02 Å². The summed E-state index contributed by atoms with van der Waals surface area (Å²) in [7, 11) is 0. The van der Waals surface area contributed by atoms with E-state index in [1.54, 1.807) is 0 Å². The summed E-state index contributed by atoms with van der Waals surface area (Å²) in [6.07, 6.45) is 5.00. The van der Waals surface area contributed by atoms with Crippen LogP contribution >= 0.6 is 11.6 Å². The highest BCUT2D eigenvalue weighted by atomic mass is 35.5. The van der Waals surface area contributed by atoms with Gasteiger partial charge in [-0.3, -0.25) is 0 Å². The molecule has 1 fully saturated rings. The molecular formula is C16H24ClN. The lowest BCUT2D eigenvalue weighted by Crippen LogP contribution is -2.48. The van der Waals surface area contributed by atoms with E-state index >= 15 is 0 Å². The maximum atomic E-state index is 6.01. The van der Waals surface area contributed by atoms with E-state index in [4.69, 9.17) is 11.6 Å². The average Bonchev–Trinajstić information content (AvgIpc) is 2.28. The minimum Gasteiger partial charge on any atom is -0.307 e. The fourth-order valence-electron chi connectivity index (χ4n) is 3.14. The number of nitrogens with one attached hydrogen (secondary N) is 1. The first kappa shape index (κ1) is 13.9. The minimum absolute atomic E-state index is 0.140. The van der Waals surface area contributed by atoms with Crippen molar-refractivity contribution in [3.05, 3.63) is 34.9 Å². The molecule has 0 aromatic heterocycles. The normalized spacial score (nSPS) is 25.1.